The first-order chi connectivity index (χ1) is 9.10. The zero-order chi connectivity index (χ0) is 13.8. The first kappa shape index (κ1) is 14.1. The van der Waals surface area contributed by atoms with Crippen molar-refractivity contribution in [3.05, 3.63) is 45.1 Å². The van der Waals surface area contributed by atoms with E-state index in [1.165, 1.54) is 0 Å². The van der Waals surface area contributed by atoms with Crippen LogP contribution in [0.2, 0.25) is 0 Å². The van der Waals surface area contributed by atoms with E-state index in [2.05, 4.69) is 36.8 Å². The standard InChI is InChI=1S/C13H12Br2N2O2/c1-18-12-5-11(15)13(6-10(12)14)19-7-9-4-8(16)2-3-17-9/h2-6H,7H2,1H3,(H2,16,17). The maximum Gasteiger partial charge on any atom is 0.135 e. The predicted molar refractivity (Wildman–Crippen MR) is 81.4 cm³/mol. The number of benzene rings is 1. The number of nitrogens with zero attached hydrogens (tertiary/aromatic N) is 1. The molecule has 0 saturated carbocycles. The number of nitrogens with two attached hydrogens (primary N) is 1. The summed E-state index contributed by atoms with van der Waals surface area (Å²) in [6.07, 6.45) is 1.66. The van der Waals surface area contributed by atoms with Crippen LogP contribution in [0.25, 0.3) is 0 Å². The third-order valence-electron chi connectivity index (χ3n) is 2.42. The van der Waals surface area contributed by atoms with E-state index in [4.69, 9.17) is 15.2 Å². The fourth-order valence-corrected chi connectivity index (χ4v) is 2.43. The highest BCUT2D eigenvalue weighted by Gasteiger charge is 2.08. The van der Waals surface area contributed by atoms with Crippen LogP contribution in [0.5, 0.6) is 11.5 Å². The van der Waals surface area contributed by atoms with Gasteiger partial charge in [0.25, 0.3) is 0 Å². The van der Waals surface area contributed by atoms with Crippen molar-refractivity contribution < 1.29 is 9.47 Å². The Morgan fingerprint density at radius 3 is 2.53 bits per heavy atom. The Labute approximate surface area is 128 Å². The molecule has 1 aromatic heterocycles. The van der Waals surface area contributed by atoms with Gasteiger partial charge in [-0.3, -0.25) is 4.98 Å². The summed E-state index contributed by atoms with van der Waals surface area (Å²) in [5, 5.41) is 0. The molecule has 19 heavy (non-hydrogen) atoms. The van der Waals surface area contributed by atoms with Crippen LogP contribution in [0.1, 0.15) is 5.69 Å². The third kappa shape index (κ3) is 3.61. The lowest BCUT2D eigenvalue weighted by molar-refractivity contribution is 0.298. The van der Waals surface area contributed by atoms with Crippen LogP contribution in [0, 0.1) is 0 Å². The van der Waals surface area contributed by atoms with Gasteiger partial charge in [-0.15, -0.1) is 0 Å². The van der Waals surface area contributed by atoms with Gasteiger partial charge < -0.3 is 15.2 Å². The summed E-state index contributed by atoms with van der Waals surface area (Å²) in [5.41, 5.74) is 7.14. The molecule has 4 nitrogen and oxygen atoms in total. The van der Waals surface area contributed by atoms with Crippen LogP contribution in [0.15, 0.2) is 39.4 Å². The van der Waals surface area contributed by atoms with Crippen LogP contribution in [-0.4, -0.2) is 12.1 Å². The molecular formula is C13H12Br2N2O2. The van der Waals surface area contributed by atoms with Gasteiger partial charge in [-0.25, -0.2) is 0 Å². The number of aromatic nitrogens is 1. The molecule has 0 spiro atoms. The normalized spacial score (nSPS) is 10.3. The van der Waals surface area contributed by atoms with Crippen LogP contribution in [-0.2, 0) is 6.61 Å². The molecule has 2 rings (SSSR count). The van der Waals surface area contributed by atoms with E-state index in [0.717, 1.165) is 20.4 Å². The summed E-state index contributed by atoms with van der Waals surface area (Å²) in [4.78, 5) is 4.18. The number of halogens is 2. The minimum absolute atomic E-state index is 0.350. The minimum atomic E-state index is 0.350. The number of hydrogen-bond acceptors (Lipinski definition) is 4. The highest BCUT2D eigenvalue weighted by molar-refractivity contribution is 9.11. The number of rotatable bonds is 4. The molecule has 2 N–H and O–H groups in total. The molecule has 0 atom stereocenters. The first-order valence-electron chi connectivity index (χ1n) is 5.46. The summed E-state index contributed by atoms with van der Waals surface area (Å²) < 4.78 is 12.5. The molecule has 0 radical (unpaired) electrons. The molecule has 1 heterocycles. The largest absolute Gasteiger partial charge is 0.496 e. The van der Waals surface area contributed by atoms with Gasteiger partial charge in [0.2, 0.25) is 0 Å². The molecular weight excluding hydrogens is 376 g/mol. The molecule has 6 heteroatoms. The maximum atomic E-state index is 5.71. The van der Waals surface area contributed by atoms with E-state index in [-0.39, 0.29) is 0 Å². The molecule has 0 aliphatic carbocycles. The molecule has 2 aromatic rings. The van der Waals surface area contributed by atoms with E-state index < -0.39 is 0 Å². The van der Waals surface area contributed by atoms with Crippen LogP contribution in [0.3, 0.4) is 0 Å². The zero-order valence-corrected chi connectivity index (χ0v) is 13.4. The average Bonchev–Trinajstić information content (AvgIpc) is 2.39. The molecule has 0 bridgehead atoms. The van der Waals surface area contributed by atoms with Gasteiger partial charge in [0, 0.05) is 11.9 Å². The highest BCUT2D eigenvalue weighted by atomic mass is 79.9. The van der Waals surface area contributed by atoms with E-state index >= 15 is 0 Å². The Morgan fingerprint density at radius 1 is 1.16 bits per heavy atom. The number of ether oxygens (including phenoxy) is 2. The summed E-state index contributed by atoms with van der Waals surface area (Å²) in [7, 11) is 1.61. The van der Waals surface area contributed by atoms with E-state index in [0.29, 0.717) is 18.0 Å². The lowest BCUT2D eigenvalue weighted by Crippen LogP contribution is -2.00. The molecule has 100 valence electrons. The molecule has 0 aliphatic rings. The monoisotopic (exact) mass is 386 g/mol. The van der Waals surface area contributed by atoms with Crippen molar-refractivity contribution in [2.24, 2.45) is 0 Å². The SMILES string of the molecule is COc1cc(Br)c(OCc2cc(N)ccn2)cc1Br. The van der Waals surface area contributed by atoms with Crippen molar-refractivity contribution in [3.8, 4) is 11.5 Å². The Hall–Kier alpha value is -1.27. The van der Waals surface area contributed by atoms with Crippen molar-refractivity contribution in [2.75, 3.05) is 12.8 Å². The van der Waals surface area contributed by atoms with Gasteiger partial charge in [0.05, 0.1) is 21.7 Å². The van der Waals surface area contributed by atoms with Crippen LogP contribution >= 0.6 is 31.9 Å². The summed E-state index contributed by atoms with van der Waals surface area (Å²) in [5.74, 6) is 1.44. The first-order valence-corrected chi connectivity index (χ1v) is 7.05. The summed E-state index contributed by atoms with van der Waals surface area (Å²) in [6, 6.07) is 7.21. The summed E-state index contributed by atoms with van der Waals surface area (Å²) in [6.45, 7) is 0.350. The van der Waals surface area contributed by atoms with Crippen molar-refractivity contribution in [3.63, 3.8) is 0 Å². The van der Waals surface area contributed by atoms with E-state index in [9.17, 15) is 0 Å². The second-order valence-corrected chi connectivity index (χ2v) is 5.50. The van der Waals surface area contributed by atoms with Gasteiger partial charge >= 0.3 is 0 Å². The lowest BCUT2D eigenvalue weighted by Gasteiger charge is -2.11. The van der Waals surface area contributed by atoms with Crippen molar-refractivity contribution >= 4 is 37.5 Å². The second-order valence-electron chi connectivity index (χ2n) is 3.79. The topological polar surface area (TPSA) is 57.4 Å². The smallest absolute Gasteiger partial charge is 0.135 e. The van der Waals surface area contributed by atoms with Gasteiger partial charge in [0.1, 0.15) is 18.1 Å². The quantitative estimate of drug-likeness (QED) is 0.867. The Bertz CT molecular complexity index is 591. The number of nitrogen functional groups attached to an aromatic ring is 1. The lowest BCUT2D eigenvalue weighted by atomic mass is 10.3. The highest BCUT2D eigenvalue weighted by Crippen LogP contribution is 2.36. The van der Waals surface area contributed by atoms with Crippen LogP contribution in [0.4, 0.5) is 5.69 Å². The summed E-state index contributed by atoms with van der Waals surface area (Å²) >= 11 is 6.86. The van der Waals surface area contributed by atoms with Gasteiger partial charge in [0.15, 0.2) is 0 Å². The molecule has 0 amide bonds. The second kappa shape index (κ2) is 6.25. The predicted octanol–water partition coefficient (Wildman–Crippen LogP) is 3.78. The Kier molecular flexibility index (Phi) is 4.66. The van der Waals surface area contributed by atoms with Crippen molar-refractivity contribution in [2.45, 2.75) is 6.61 Å². The van der Waals surface area contributed by atoms with Gasteiger partial charge in [-0.05, 0) is 56.1 Å². The van der Waals surface area contributed by atoms with Gasteiger partial charge in [-0.2, -0.15) is 0 Å². The average molecular weight is 388 g/mol. The fourth-order valence-electron chi connectivity index (χ4n) is 1.50. The molecule has 0 aliphatic heterocycles. The van der Waals surface area contributed by atoms with Gasteiger partial charge in [-0.1, -0.05) is 0 Å². The Morgan fingerprint density at radius 2 is 1.84 bits per heavy atom. The van der Waals surface area contributed by atoms with Crippen molar-refractivity contribution in [1.29, 1.82) is 0 Å². The molecule has 0 fully saturated rings. The maximum absolute atomic E-state index is 5.71. The van der Waals surface area contributed by atoms with E-state index in [1.54, 1.807) is 25.4 Å². The third-order valence-corrected chi connectivity index (χ3v) is 3.66. The molecule has 1 aromatic carbocycles. The van der Waals surface area contributed by atoms with Crippen LogP contribution < -0.4 is 15.2 Å². The number of hydrogen-bond donors (Lipinski definition) is 1. The van der Waals surface area contributed by atoms with E-state index in [1.807, 2.05) is 12.1 Å². The number of methoxy groups -OCH3 is 1. The zero-order valence-electron chi connectivity index (χ0n) is 10.2. The number of pyridine rings is 1. The minimum Gasteiger partial charge on any atom is -0.496 e. The number of anilines is 1. The Balaban J connectivity index is 2.13. The molecule has 0 saturated heterocycles. The van der Waals surface area contributed by atoms with Crippen molar-refractivity contribution in [1.82, 2.24) is 4.98 Å². The molecule has 0 unspecified atom stereocenters. The fraction of sp³-hybridized carbons (Fsp3) is 0.154.